The Labute approximate surface area is 111 Å². The molecule has 3 nitrogen and oxygen atoms in total. The largest absolute Gasteiger partial charge is 0.448 e. The van der Waals surface area contributed by atoms with Crippen LogP contribution in [-0.4, -0.2) is 22.6 Å². The molecule has 6 heteroatoms. The van der Waals surface area contributed by atoms with E-state index in [-0.39, 0.29) is 5.92 Å². The normalized spacial score (nSPS) is 35.9. The summed E-state index contributed by atoms with van der Waals surface area (Å²) < 4.78 is 8.93. The molecule has 4 atom stereocenters. The Balaban J connectivity index is 2.59. The Morgan fingerprint density at radius 3 is 2.31 bits per heavy atom. The van der Waals surface area contributed by atoms with E-state index >= 15 is 0 Å². The van der Waals surface area contributed by atoms with Crippen LogP contribution in [0.4, 0.5) is 0 Å². The second kappa shape index (κ2) is 5.30. The highest BCUT2D eigenvalue weighted by atomic mass is 35.6. The van der Waals surface area contributed by atoms with Gasteiger partial charge in [-0.1, -0.05) is 55.6 Å². The van der Waals surface area contributed by atoms with Gasteiger partial charge in [-0.25, -0.2) is 0 Å². The first-order valence-corrected chi connectivity index (χ1v) is 6.31. The molecule has 1 rings (SSSR count). The van der Waals surface area contributed by atoms with Gasteiger partial charge in [0.2, 0.25) is 12.2 Å². The average molecular weight is 289 g/mol. The fourth-order valence-electron chi connectivity index (χ4n) is 1.64. The molecule has 16 heavy (non-hydrogen) atoms. The third-order valence-corrected chi connectivity index (χ3v) is 3.69. The first-order valence-electron chi connectivity index (χ1n) is 5.17. The van der Waals surface area contributed by atoms with E-state index < -0.39 is 16.0 Å². The minimum Gasteiger partial charge on any atom is -0.448 e. The van der Waals surface area contributed by atoms with Crippen molar-refractivity contribution in [3.05, 3.63) is 0 Å². The first kappa shape index (κ1) is 14.4. The van der Waals surface area contributed by atoms with Gasteiger partial charge in [0, 0.05) is 5.92 Å². The lowest BCUT2D eigenvalue weighted by Crippen LogP contribution is -2.42. The van der Waals surface area contributed by atoms with Crippen LogP contribution in [0, 0.1) is 23.2 Å². The van der Waals surface area contributed by atoms with E-state index in [9.17, 15) is 0 Å². The second-order valence-corrected chi connectivity index (χ2v) is 6.62. The van der Waals surface area contributed by atoms with Gasteiger partial charge in [0.25, 0.3) is 3.79 Å². The van der Waals surface area contributed by atoms with E-state index in [0.29, 0.717) is 18.4 Å². The topological polar surface area (TPSA) is 42.3 Å². The summed E-state index contributed by atoms with van der Waals surface area (Å²) in [5.74, 6) is 0.686. The number of hydrogen-bond acceptors (Lipinski definition) is 3. The summed E-state index contributed by atoms with van der Waals surface area (Å²) in [6, 6.07) is 0. The minimum atomic E-state index is -1.82. The van der Waals surface area contributed by atoms with Crippen LogP contribution in [0.2, 0.25) is 0 Å². The molecule has 1 fully saturated rings. The zero-order chi connectivity index (χ0) is 12.5. The van der Waals surface area contributed by atoms with Crippen molar-refractivity contribution in [3.8, 4) is 0 Å². The predicted octanol–water partition coefficient (Wildman–Crippen LogP) is 3.62. The Morgan fingerprint density at radius 1 is 1.25 bits per heavy atom. The van der Waals surface area contributed by atoms with E-state index in [0.717, 1.165) is 0 Å². The Bertz CT molecular complexity index is 267. The first-order chi connectivity index (χ1) is 7.23. The van der Waals surface area contributed by atoms with Crippen molar-refractivity contribution in [1.29, 1.82) is 5.41 Å². The highest BCUT2D eigenvalue weighted by molar-refractivity contribution is 6.76. The third kappa shape index (κ3) is 3.39. The minimum absolute atomic E-state index is 0.163. The van der Waals surface area contributed by atoms with E-state index in [1.54, 1.807) is 0 Å². The van der Waals surface area contributed by atoms with Crippen molar-refractivity contribution in [2.75, 3.05) is 6.61 Å². The van der Waals surface area contributed by atoms with E-state index in [4.69, 9.17) is 49.7 Å². The van der Waals surface area contributed by atoms with E-state index in [1.807, 2.05) is 6.92 Å². The molecule has 0 aromatic carbocycles. The molecule has 1 aliphatic heterocycles. The molecule has 1 aliphatic rings. The van der Waals surface area contributed by atoms with Crippen LogP contribution in [0.1, 0.15) is 20.8 Å². The summed E-state index contributed by atoms with van der Waals surface area (Å²) in [5, 5.41) is 7.48. The highest BCUT2D eigenvalue weighted by Crippen LogP contribution is 2.34. The fourth-order valence-corrected chi connectivity index (χ4v) is 1.77. The van der Waals surface area contributed by atoms with Crippen molar-refractivity contribution in [3.63, 3.8) is 0 Å². The lowest BCUT2D eigenvalue weighted by atomic mass is 9.83. The monoisotopic (exact) mass is 287 g/mol. The molecule has 0 radical (unpaired) electrons. The maximum atomic E-state index is 7.48. The average Bonchev–Trinajstić information content (AvgIpc) is 2.17. The van der Waals surface area contributed by atoms with Crippen LogP contribution in [0.3, 0.4) is 0 Å². The highest BCUT2D eigenvalue weighted by Gasteiger charge is 2.38. The van der Waals surface area contributed by atoms with Gasteiger partial charge < -0.3 is 9.47 Å². The smallest absolute Gasteiger partial charge is 0.265 e. The summed E-state index contributed by atoms with van der Waals surface area (Å²) in [6.45, 7) is 6.87. The Kier molecular flexibility index (Phi) is 4.76. The summed E-state index contributed by atoms with van der Waals surface area (Å²) >= 11 is 16.6. The molecule has 1 heterocycles. The molecule has 1 N–H and O–H groups in total. The summed E-state index contributed by atoms with van der Waals surface area (Å²) in [6.07, 6.45) is -0.505. The number of rotatable bonds is 1. The molecule has 0 bridgehead atoms. The predicted molar refractivity (Wildman–Crippen MR) is 66.3 cm³/mol. The molecular formula is C10H16Cl3NO2. The van der Waals surface area contributed by atoms with Crippen LogP contribution in [-0.2, 0) is 9.47 Å². The standard InChI is InChI=1S/C10H16Cl3NO2/c1-5-4-15-8(7(3)6(5)2)16-9(14)10(11,12)13/h5-8,14H,4H2,1-3H3/t5-,6?,7+,8?/m1/s1. The molecule has 2 unspecified atom stereocenters. The fraction of sp³-hybridized carbons (Fsp3) is 0.900. The number of ether oxygens (including phenoxy) is 2. The Hall–Kier alpha value is 0.300. The zero-order valence-electron chi connectivity index (χ0n) is 9.47. The van der Waals surface area contributed by atoms with E-state index in [1.165, 1.54) is 0 Å². The molecule has 0 aromatic heterocycles. The molecular weight excluding hydrogens is 272 g/mol. The molecule has 0 amide bonds. The van der Waals surface area contributed by atoms with Crippen LogP contribution in [0.5, 0.6) is 0 Å². The molecule has 94 valence electrons. The van der Waals surface area contributed by atoms with Gasteiger partial charge in [0.15, 0.2) is 0 Å². The summed E-state index contributed by atoms with van der Waals surface area (Å²) in [5.41, 5.74) is 0. The van der Waals surface area contributed by atoms with E-state index in [2.05, 4.69) is 13.8 Å². The van der Waals surface area contributed by atoms with Gasteiger partial charge in [0.05, 0.1) is 6.61 Å². The number of nitrogens with one attached hydrogen (secondary N) is 1. The Morgan fingerprint density at radius 2 is 1.81 bits per heavy atom. The molecule has 0 aliphatic carbocycles. The van der Waals surface area contributed by atoms with Gasteiger partial charge in [-0.2, -0.15) is 0 Å². The quantitative estimate of drug-likeness (QED) is 0.455. The molecule has 1 saturated heterocycles. The summed E-state index contributed by atoms with van der Waals surface area (Å²) in [7, 11) is 0. The summed E-state index contributed by atoms with van der Waals surface area (Å²) in [4.78, 5) is 0. The molecule has 0 aromatic rings. The zero-order valence-corrected chi connectivity index (χ0v) is 11.7. The number of hydrogen-bond donors (Lipinski definition) is 1. The lowest BCUT2D eigenvalue weighted by molar-refractivity contribution is -0.179. The maximum absolute atomic E-state index is 7.48. The SMILES string of the molecule is CC1[C@H](C)C(OC(=N)C(Cl)(Cl)Cl)OC[C@H]1C. The molecule has 0 spiro atoms. The third-order valence-electron chi connectivity index (χ3n) is 3.17. The van der Waals surface area contributed by atoms with Gasteiger partial charge in [0.1, 0.15) is 0 Å². The van der Waals surface area contributed by atoms with Crippen molar-refractivity contribution in [1.82, 2.24) is 0 Å². The lowest BCUT2D eigenvalue weighted by Gasteiger charge is -2.38. The maximum Gasteiger partial charge on any atom is 0.265 e. The number of halogens is 3. The van der Waals surface area contributed by atoms with Gasteiger partial charge in [-0.05, 0) is 11.8 Å². The van der Waals surface area contributed by atoms with Gasteiger partial charge >= 0.3 is 0 Å². The van der Waals surface area contributed by atoms with Crippen LogP contribution >= 0.6 is 34.8 Å². The number of alkyl halides is 3. The van der Waals surface area contributed by atoms with Crippen molar-refractivity contribution in [2.45, 2.75) is 30.9 Å². The van der Waals surface area contributed by atoms with Crippen molar-refractivity contribution >= 4 is 40.7 Å². The van der Waals surface area contributed by atoms with Crippen molar-refractivity contribution < 1.29 is 9.47 Å². The van der Waals surface area contributed by atoms with Crippen LogP contribution in [0.15, 0.2) is 0 Å². The van der Waals surface area contributed by atoms with Crippen LogP contribution in [0.25, 0.3) is 0 Å². The van der Waals surface area contributed by atoms with Gasteiger partial charge in [-0.3, -0.25) is 5.41 Å². The van der Waals surface area contributed by atoms with Gasteiger partial charge in [-0.15, -0.1) is 0 Å². The molecule has 0 saturated carbocycles. The van der Waals surface area contributed by atoms with Crippen molar-refractivity contribution in [2.24, 2.45) is 17.8 Å². The second-order valence-electron chi connectivity index (χ2n) is 4.34. The van der Waals surface area contributed by atoms with Crippen LogP contribution < -0.4 is 0 Å².